The fraction of sp³-hybridized carbons (Fsp3) is 0.143. The van der Waals surface area contributed by atoms with Crippen LogP contribution in [0, 0.1) is 6.92 Å². The molecule has 0 atom stereocenters. The molecule has 5 nitrogen and oxygen atoms in total. The molecule has 2 aromatic rings. The van der Waals surface area contributed by atoms with Gasteiger partial charge in [-0.15, -0.1) is 0 Å². The minimum atomic E-state index is -3.81. The highest BCUT2D eigenvalue weighted by molar-refractivity contribution is 9.10. The lowest BCUT2D eigenvalue weighted by Crippen LogP contribution is -2.12. The van der Waals surface area contributed by atoms with Crippen molar-refractivity contribution in [2.24, 2.45) is 0 Å². The van der Waals surface area contributed by atoms with Crippen molar-refractivity contribution in [1.82, 2.24) is 4.98 Å². The molecular weight excluding hydrogens is 358 g/mol. The Kier molecular flexibility index (Phi) is 4.43. The van der Waals surface area contributed by atoms with E-state index in [9.17, 15) is 13.2 Å². The average Bonchev–Trinajstić information content (AvgIpc) is 2.41. The SMILES string of the molecule is Cc1cccnc1CS(=O)(=O)c1cc(Br)ccc1C(=O)O. The third-order valence-electron chi connectivity index (χ3n) is 2.95. The highest BCUT2D eigenvalue weighted by Crippen LogP contribution is 2.25. The number of hydrogen-bond acceptors (Lipinski definition) is 4. The van der Waals surface area contributed by atoms with E-state index in [-0.39, 0.29) is 16.2 Å². The molecule has 21 heavy (non-hydrogen) atoms. The zero-order valence-corrected chi connectivity index (χ0v) is 13.5. The molecule has 0 aliphatic heterocycles. The zero-order chi connectivity index (χ0) is 15.6. The van der Waals surface area contributed by atoms with E-state index in [0.29, 0.717) is 10.2 Å². The van der Waals surface area contributed by atoms with Gasteiger partial charge in [0, 0.05) is 10.7 Å². The van der Waals surface area contributed by atoms with Gasteiger partial charge in [0.2, 0.25) is 0 Å². The third kappa shape index (κ3) is 3.48. The number of benzene rings is 1. The number of sulfone groups is 1. The van der Waals surface area contributed by atoms with Crippen LogP contribution in [0.15, 0.2) is 45.9 Å². The average molecular weight is 370 g/mol. The van der Waals surface area contributed by atoms with Gasteiger partial charge in [-0.1, -0.05) is 22.0 Å². The summed E-state index contributed by atoms with van der Waals surface area (Å²) in [7, 11) is -3.81. The standard InChI is InChI=1S/C14H12BrNO4S/c1-9-3-2-6-16-12(9)8-21(19,20)13-7-10(15)4-5-11(13)14(17)18/h2-7H,8H2,1H3,(H,17,18). The molecule has 0 spiro atoms. The molecule has 1 heterocycles. The summed E-state index contributed by atoms with van der Waals surface area (Å²) < 4.78 is 25.5. The summed E-state index contributed by atoms with van der Waals surface area (Å²) in [6, 6.07) is 7.54. The number of aryl methyl sites for hydroxylation is 1. The number of nitrogens with zero attached hydrogens (tertiary/aromatic N) is 1. The van der Waals surface area contributed by atoms with Crippen LogP contribution in [0.3, 0.4) is 0 Å². The van der Waals surface area contributed by atoms with Crippen molar-refractivity contribution in [3.05, 3.63) is 57.8 Å². The van der Waals surface area contributed by atoms with Crippen molar-refractivity contribution in [1.29, 1.82) is 0 Å². The molecule has 0 aliphatic carbocycles. The molecular formula is C14H12BrNO4S. The Balaban J connectivity index is 2.52. The summed E-state index contributed by atoms with van der Waals surface area (Å²) in [4.78, 5) is 15.0. The van der Waals surface area contributed by atoms with Gasteiger partial charge in [0.25, 0.3) is 0 Å². The summed E-state index contributed by atoms with van der Waals surface area (Å²) in [5.74, 6) is -1.62. The molecule has 0 bridgehead atoms. The molecule has 0 aliphatic rings. The Bertz CT molecular complexity index is 802. The molecule has 0 fully saturated rings. The van der Waals surface area contributed by atoms with Crippen LogP contribution in [0.5, 0.6) is 0 Å². The topological polar surface area (TPSA) is 84.3 Å². The van der Waals surface area contributed by atoms with Gasteiger partial charge in [0.15, 0.2) is 9.84 Å². The van der Waals surface area contributed by atoms with Crippen LogP contribution in [0.1, 0.15) is 21.6 Å². The second kappa shape index (κ2) is 5.95. The second-order valence-corrected chi connectivity index (χ2v) is 7.35. The minimum absolute atomic E-state index is 0.213. The summed E-state index contributed by atoms with van der Waals surface area (Å²) in [5, 5.41) is 9.15. The van der Waals surface area contributed by atoms with Gasteiger partial charge in [-0.2, -0.15) is 0 Å². The highest BCUT2D eigenvalue weighted by atomic mass is 79.9. The van der Waals surface area contributed by atoms with Crippen molar-refractivity contribution in [3.63, 3.8) is 0 Å². The van der Waals surface area contributed by atoms with E-state index in [1.54, 1.807) is 19.1 Å². The quantitative estimate of drug-likeness (QED) is 0.895. The van der Waals surface area contributed by atoms with Crippen LogP contribution in [0.4, 0.5) is 0 Å². The Hall–Kier alpha value is -1.73. The molecule has 1 aromatic heterocycles. The van der Waals surface area contributed by atoms with Crippen LogP contribution in [-0.4, -0.2) is 24.5 Å². The maximum Gasteiger partial charge on any atom is 0.337 e. The monoisotopic (exact) mass is 369 g/mol. The molecule has 1 aromatic carbocycles. The fourth-order valence-corrected chi connectivity index (χ4v) is 3.98. The lowest BCUT2D eigenvalue weighted by molar-refractivity contribution is 0.0692. The zero-order valence-electron chi connectivity index (χ0n) is 11.1. The number of hydrogen-bond donors (Lipinski definition) is 1. The molecule has 2 rings (SSSR count). The van der Waals surface area contributed by atoms with Gasteiger partial charge in [0.1, 0.15) is 0 Å². The van der Waals surface area contributed by atoms with Gasteiger partial charge in [-0.25, -0.2) is 13.2 Å². The molecule has 7 heteroatoms. The van der Waals surface area contributed by atoms with E-state index in [1.165, 1.54) is 24.4 Å². The molecule has 0 amide bonds. The molecule has 110 valence electrons. The maximum atomic E-state index is 12.5. The van der Waals surface area contributed by atoms with Crippen molar-refractivity contribution in [2.75, 3.05) is 0 Å². The Labute approximate surface area is 130 Å². The summed E-state index contributed by atoms with van der Waals surface area (Å²) >= 11 is 3.16. The number of aromatic nitrogens is 1. The lowest BCUT2D eigenvalue weighted by atomic mass is 10.2. The van der Waals surface area contributed by atoms with Crippen molar-refractivity contribution < 1.29 is 18.3 Å². The highest BCUT2D eigenvalue weighted by Gasteiger charge is 2.24. The normalized spacial score (nSPS) is 11.3. The van der Waals surface area contributed by atoms with E-state index >= 15 is 0 Å². The predicted octanol–water partition coefficient (Wildman–Crippen LogP) is 2.82. The van der Waals surface area contributed by atoms with Crippen LogP contribution in [-0.2, 0) is 15.6 Å². The molecule has 1 N–H and O–H groups in total. The van der Waals surface area contributed by atoms with Crippen LogP contribution < -0.4 is 0 Å². The summed E-state index contributed by atoms with van der Waals surface area (Å²) in [5.41, 5.74) is 0.911. The van der Waals surface area contributed by atoms with E-state index in [0.717, 1.165) is 5.56 Å². The summed E-state index contributed by atoms with van der Waals surface area (Å²) in [6.07, 6.45) is 1.51. The molecule has 0 saturated heterocycles. The van der Waals surface area contributed by atoms with Gasteiger partial charge in [-0.3, -0.25) is 4.98 Å². The number of halogens is 1. The third-order valence-corrected chi connectivity index (χ3v) is 5.11. The first-order valence-electron chi connectivity index (χ1n) is 5.97. The number of pyridine rings is 1. The second-order valence-electron chi connectivity index (χ2n) is 4.47. The van der Waals surface area contributed by atoms with Gasteiger partial charge in [-0.05, 0) is 36.8 Å². The number of aromatic carboxylic acids is 1. The van der Waals surface area contributed by atoms with E-state index in [1.807, 2.05) is 0 Å². The molecule has 0 unspecified atom stereocenters. The number of rotatable bonds is 4. The summed E-state index contributed by atoms with van der Waals surface area (Å²) in [6.45, 7) is 1.76. The van der Waals surface area contributed by atoms with E-state index < -0.39 is 15.8 Å². The van der Waals surface area contributed by atoms with Crippen LogP contribution in [0.2, 0.25) is 0 Å². The predicted molar refractivity (Wildman–Crippen MR) is 81.0 cm³/mol. The first-order chi connectivity index (χ1) is 9.81. The fourth-order valence-electron chi connectivity index (χ4n) is 1.86. The van der Waals surface area contributed by atoms with Gasteiger partial charge < -0.3 is 5.11 Å². The largest absolute Gasteiger partial charge is 0.478 e. The van der Waals surface area contributed by atoms with Crippen LogP contribution in [0.25, 0.3) is 0 Å². The van der Waals surface area contributed by atoms with Gasteiger partial charge in [0.05, 0.1) is 21.9 Å². The first-order valence-corrected chi connectivity index (χ1v) is 8.42. The van der Waals surface area contributed by atoms with E-state index in [2.05, 4.69) is 20.9 Å². The van der Waals surface area contributed by atoms with Crippen molar-refractivity contribution in [3.8, 4) is 0 Å². The Morgan fingerprint density at radius 3 is 2.67 bits per heavy atom. The van der Waals surface area contributed by atoms with Crippen molar-refractivity contribution in [2.45, 2.75) is 17.6 Å². The van der Waals surface area contributed by atoms with Gasteiger partial charge >= 0.3 is 5.97 Å². The number of carbonyl (C=O) groups is 1. The number of carboxylic acid groups (broad SMARTS) is 1. The lowest BCUT2D eigenvalue weighted by Gasteiger charge is -2.09. The Morgan fingerprint density at radius 1 is 1.33 bits per heavy atom. The molecule has 0 saturated carbocycles. The van der Waals surface area contributed by atoms with E-state index in [4.69, 9.17) is 5.11 Å². The first kappa shape index (κ1) is 15.7. The maximum absolute atomic E-state index is 12.5. The smallest absolute Gasteiger partial charge is 0.337 e. The minimum Gasteiger partial charge on any atom is -0.478 e. The van der Waals surface area contributed by atoms with Crippen molar-refractivity contribution >= 4 is 31.7 Å². The van der Waals surface area contributed by atoms with Crippen LogP contribution >= 0.6 is 15.9 Å². The molecule has 0 radical (unpaired) electrons. The number of carboxylic acids is 1. The Morgan fingerprint density at radius 2 is 2.05 bits per heavy atom.